The first-order chi connectivity index (χ1) is 7.59. The van der Waals surface area contributed by atoms with E-state index >= 15 is 0 Å². The Morgan fingerprint density at radius 3 is 2.75 bits per heavy atom. The van der Waals surface area contributed by atoms with Gasteiger partial charge in [0.25, 0.3) is 0 Å². The van der Waals surface area contributed by atoms with Crippen LogP contribution in [0.25, 0.3) is 0 Å². The van der Waals surface area contributed by atoms with Crippen LogP contribution in [0.15, 0.2) is 30.5 Å². The summed E-state index contributed by atoms with van der Waals surface area (Å²) in [6.45, 7) is 0. The first kappa shape index (κ1) is 11.1. The van der Waals surface area contributed by atoms with E-state index in [0.717, 1.165) is 5.69 Å². The molecule has 84 valence electrons. The summed E-state index contributed by atoms with van der Waals surface area (Å²) in [6.07, 6.45) is 1.65. The van der Waals surface area contributed by atoms with E-state index in [1.54, 1.807) is 30.1 Å². The number of hydrogen-bond donors (Lipinski definition) is 1. The van der Waals surface area contributed by atoms with E-state index in [9.17, 15) is 4.39 Å². The second kappa shape index (κ2) is 4.23. The van der Waals surface area contributed by atoms with E-state index < -0.39 is 11.9 Å². The van der Waals surface area contributed by atoms with Gasteiger partial charge in [0, 0.05) is 13.2 Å². The largest absolute Gasteiger partial charge is 0.319 e. The molecule has 0 amide bonds. The smallest absolute Gasteiger partial charge is 0.142 e. The number of hydrogen-bond acceptors (Lipinski definition) is 2. The predicted molar refractivity (Wildman–Crippen MR) is 60.6 cm³/mol. The topological polar surface area (TPSA) is 43.8 Å². The number of nitrogens with zero attached hydrogens (tertiary/aromatic N) is 2. The number of aryl methyl sites for hydroxylation is 1. The van der Waals surface area contributed by atoms with Gasteiger partial charge in [0.2, 0.25) is 0 Å². The van der Waals surface area contributed by atoms with Gasteiger partial charge in [0.15, 0.2) is 0 Å². The van der Waals surface area contributed by atoms with Gasteiger partial charge in [0.05, 0.1) is 16.8 Å². The van der Waals surface area contributed by atoms with Crippen molar-refractivity contribution in [2.75, 3.05) is 0 Å². The zero-order valence-electron chi connectivity index (χ0n) is 8.69. The number of halogens is 2. The molecule has 0 saturated carbocycles. The molecule has 2 aromatic rings. The average molecular weight is 240 g/mol. The van der Waals surface area contributed by atoms with Crippen LogP contribution in [0.5, 0.6) is 0 Å². The summed E-state index contributed by atoms with van der Waals surface area (Å²) in [4.78, 5) is 0. The molecule has 1 heterocycles. The molecule has 0 spiro atoms. The van der Waals surface area contributed by atoms with Gasteiger partial charge in [-0.3, -0.25) is 4.68 Å². The van der Waals surface area contributed by atoms with Gasteiger partial charge in [-0.25, -0.2) is 4.39 Å². The fourth-order valence-corrected chi connectivity index (χ4v) is 1.68. The molecule has 5 heteroatoms. The van der Waals surface area contributed by atoms with Crippen LogP contribution in [0, 0.1) is 5.82 Å². The summed E-state index contributed by atoms with van der Waals surface area (Å²) in [6, 6.07) is 5.96. The molecule has 0 fully saturated rings. The van der Waals surface area contributed by atoms with E-state index in [-0.39, 0.29) is 5.02 Å². The minimum Gasteiger partial charge on any atom is -0.319 e. The molecule has 0 bridgehead atoms. The predicted octanol–water partition coefficient (Wildman–Crippen LogP) is 2.26. The molecule has 3 nitrogen and oxygen atoms in total. The minimum absolute atomic E-state index is 0.0981. The zero-order chi connectivity index (χ0) is 11.7. The maximum Gasteiger partial charge on any atom is 0.142 e. The highest BCUT2D eigenvalue weighted by molar-refractivity contribution is 6.30. The maximum atomic E-state index is 13.3. The summed E-state index contributed by atoms with van der Waals surface area (Å²) in [5.74, 6) is -0.461. The third kappa shape index (κ3) is 1.94. The highest BCUT2D eigenvalue weighted by Gasteiger charge is 2.13. The van der Waals surface area contributed by atoms with Crippen LogP contribution >= 0.6 is 11.6 Å². The highest BCUT2D eigenvalue weighted by Crippen LogP contribution is 2.23. The van der Waals surface area contributed by atoms with Gasteiger partial charge in [-0.1, -0.05) is 17.7 Å². The SMILES string of the molecule is Cn1nccc1[C@@H](N)c1ccc(Cl)c(F)c1. The van der Waals surface area contributed by atoms with Crippen LogP contribution in [-0.2, 0) is 7.05 Å². The minimum atomic E-state index is -0.461. The second-order valence-corrected chi connectivity index (χ2v) is 3.94. The lowest BCUT2D eigenvalue weighted by Gasteiger charge is -2.12. The average Bonchev–Trinajstić information content (AvgIpc) is 2.67. The molecular formula is C11H11ClFN3. The van der Waals surface area contributed by atoms with Gasteiger partial charge < -0.3 is 5.73 Å². The van der Waals surface area contributed by atoms with Crippen molar-refractivity contribution in [3.05, 3.63) is 52.6 Å². The van der Waals surface area contributed by atoms with Crippen LogP contribution in [0.4, 0.5) is 4.39 Å². The summed E-state index contributed by atoms with van der Waals surface area (Å²) < 4.78 is 14.9. The van der Waals surface area contributed by atoms with Crippen LogP contribution < -0.4 is 5.73 Å². The lowest BCUT2D eigenvalue weighted by molar-refractivity contribution is 0.619. The summed E-state index contributed by atoms with van der Waals surface area (Å²) in [5, 5.41) is 4.12. The van der Waals surface area contributed by atoms with Crippen molar-refractivity contribution in [3.63, 3.8) is 0 Å². The molecule has 0 saturated heterocycles. The zero-order valence-corrected chi connectivity index (χ0v) is 9.45. The molecule has 1 aromatic carbocycles. The first-order valence-electron chi connectivity index (χ1n) is 4.78. The van der Waals surface area contributed by atoms with Gasteiger partial charge in [0.1, 0.15) is 5.82 Å². The summed E-state index contributed by atoms with van der Waals surface area (Å²) in [5.41, 5.74) is 7.50. The Morgan fingerprint density at radius 1 is 1.44 bits per heavy atom. The summed E-state index contributed by atoms with van der Waals surface area (Å²) >= 11 is 5.61. The highest BCUT2D eigenvalue weighted by atomic mass is 35.5. The molecule has 2 N–H and O–H groups in total. The van der Waals surface area contributed by atoms with Gasteiger partial charge in [-0.05, 0) is 23.8 Å². The molecule has 1 atom stereocenters. The monoisotopic (exact) mass is 239 g/mol. The van der Waals surface area contributed by atoms with E-state index in [1.165, 1.54) is 12.1 Å². The van der Waals surface area contributed by atoms with Crippen molar-refractivity contribution in [3.8, 4) is 0 Å². The standard InChI is InChI=1S/C11H11ClFN3/c1-16-10(4-5-15-16)11(14)7-2-3-8(12)9(13)6-7/h2-6,11H,14H2,1H3/t11-/m0/s1. The summed E-state index contributed by atoms with van der Waals surface area (Å²) in [7, 11) is 1.79. The molecule has 0 aliphatic heterocycles. The molecule has 0 aliphatic carbocycles. The van der Waals surface area contributed by atoms with Crippen LogP contribution in [-0.4, -0.2) is 9.78 Å². The van der Waals surface area contributed by atoms with Crippen molar-refractivity contribution >= 4 is 11.6 Å². The van der Waals surface area contributed by atoms with Crippen LogP contribution in [0.1, 0.15) is 17.3 Å². The molecule has 0 radical (unpaired) electrons. The Balaban J connectivity index is 2.38. The number of aromatic nitrogens is 2. The third-order valence-corrected chi connectivity index (χ3v) is 2.79. The Kier molecular flexibility index (Phi) is 2.94. The fourth-order valence-electron chi connectivity index (χ4n) is 1.57. The molecule has 1 aromatic heterocycles. The molecule has 0 unspecified atom stereocenters. The van der Waals surface area contributed by atoms with Gasteiger partial charge in [-0.15, -0.1) is 0 Å². The number of nitrogens with two attached hydrogens (primary N) is 1. The van der Waals surface area contributed by atoms with E-state index in [1.807, 2.05) is 0 Å². The van der Waals surface area contributed by atoms with E-state index in [0.29, 0.717) is 5.56 Å². The lowest BCUT2D eigenvalue weighted by atomic mass is 10.0. The molecule has 16 heavy (non-hydrogen) atoms. The third-order valence-electron chi connectivity index (χ3n) is 2.48. The maximum absolute atomic E-state index is 13.3. The van der Waals surface area contributed by atoms with Crippen molar-refractivity contribution in [1.82, 2.24) is 9.78 Å². The van der Waals surface area contributed by atoms with Crippen molar-refractivity contribution < 1.29 is 4.39 Å². The van der Waals surface area contributed by atoms with E-state index in [4.69, 9.17) is 17.3 Å². The van der Waals surface area contributed by atoms with Crippen LogP contribution in [0.2, 0.25) is 5.02 Å². The molecular weight excluding hydrogens is 229 g/mol. The van der Waals surface area contributed by atoms with Gasteiger partial charge >= 0.3 is 0 Å². The quantitative estimate of drug-likeness (QED) is 0.874. The van der Waals surface area contributed by atoms with Crippen molar-refractivity contribution in [2.24, 2.45) is 12.8 Å². The molecule has 2 rings (SSSR count). The Morgan fingerprint density at radius 2 is 2.19 bits per heavy atom. The Labute approximate surface area is 97.6 Å². The Bertz CT molecular complexity index is 510. The Hall–Kier alpha value is -1.39. The number of rotatable bonds is 2. The van der Waals surface area contributed by atoms with Crippen molar-refractivity contribution in [2.45, 2.75) is 6.04 Å². The fraction of sp³-hybridized carbons (Fsp3) is 0.182. The molecule has 0 aliphatic rings. The normalized spacial score (nSPS) is 12.8. The van der Waals surface area contributed by atoms with Crippen molar-refractivity contribution in [1.29, 1.82) is 0 Å². The van der Waals surface area contributed by atoms with Crippen LogP contribution in [0.3, 0.4) is 0 Å². The van der Waals surface area contributed by atoms with E-state index in [2.05, 4.69) is 5.10 Å². The first-order valence-corrected chi connectivity index (χ1v) is 5.16. The lowest BCUT2D eigenvalue weighted by Crippen LogP contribution is -2.16. The number of benzene rings is 1. The van der Waals surface area contributed by atoms with Gasteiger partial charge in [-0.2, -0.15) is 5.10 Å². The second-order valence-electron chi connectivity index (χ2n) is 3.53.